The van der Waals surface area contributed by atoms with E-state index < -0.39 is 0 Å². The first kappa shape index (κ1) is 16.6. The molecule has 0 radical (unpaired) electrons. The van der Waals surface area contributed by atoms with Crippen LogP contribution in [0.4, 0.5) is 0 Å². The fourth-order valence-electron chi connectivity index (χ4n) is 3.14. The minimum atomic E-state index is 0.167. The van der Waals surface area contributed by atoms with E-state index in [1.54, 1.807) is 0 Å². The Labute approximate surface area is 135 Å². The van der Waals surface area contributed by atoms with Gasteiger partial charge in [-0.2, -0.15) is 0 Å². The van der Waals surface area contributed by atoms with Gasteiger partial charge in [-0.25, -0.2) is 0 Å². The van der Waals surface area contributed by atoms with Gasteiger partial charge in [-0.3, -0.25) is 0 Å². The van der Waals surface area contributed by atoms with Gasteiger partial charge in [-0.1, -0.05) is 64.4 Å². The first-order chi connectivity index (χ1) is 10.2. The highest BCUT2D eigenvalue weighted by atomic mass is 16.5. The van der Waals surface area contributed by atoms with E-state index in [0.717, 1.165) is 17.9 Å². The highest BCUT2D eigenvalue weighted by Gasteiger charge is 2.27. The molecular weight excluding hydrogens is 268 g/mol. The lowest BCUT2D eigenvalue weighted by atomic mass is 9.72. The molecule has 1 nitrogen and oxygen atoms in total. The molecule has 2 aromatic rings. The van der Waals surface area contributed by atoms with E-state index in [2.05, 4.69) is 77.9 Å². The summed E-state index contributed by atoms with van der Waals surface area (Å²) in [6.45, 7) is 13.6. The van der Waals surface area contributed by atoms with E-state index in [-0.39, 0.29) is 5.41 Å². The van der Waals surface area contributed by atoms with Crippen molar-refractivity contribution < 1.29 is 4.74 Å². The van der Waals surface area contributed by atoms with Crippen molar-refractivity contribution in [2.75, 3.05) is 0 Å². The summed E-state index contributed by atoms with van der Waals surface area (Å²) in [6.07, 6.45) is 1.15. The SMILES string of the molecule is Cc1ccc(Oc2ccc(C(C)(C)CC(C)(C)C)cc2)cc1. The zero-order valence-corrected chi connectivity index (χ0v) is 14.7. The van der Waals surface area contributed by atoms with Crippen LogP contribution in [0.15, 0.2) is 48.5 Å². The molecule has 118 valence electrons. The maximum Gasteiger partial charge on any atom is 0.127 e. The summed E-state index contributed by atoms with van der Waals surface area (Å²) in [5, 5.41) is 0. The van der Waals surface area contributed by atoms with Gasteiger partial charge in [0.05, 0.1) is 0 Å². The fourth-order valence-corrected chi connectivity index (χ4v) is 3.14. The Morgan fingerprint density at radius 1 is 0.727 bits per heavy atom. The highest BCUT2D eigenvalue weighted by molar-refractivity contribution is 5.36. The van der Waals surface area contributed by atoms with E-state index in [1.165, 1.54) is 11.1 Å². The van der Waals surface area contributed by atoms with Crippen LogP contribution < -0.4 is 4.74 Å². The molecule has 0 aromatic heterocycles. The lowest BCUT2D eigenvalue weighted by Crippen LogP contribution is -2.24. The summed E-state index contributed by atoms with van der Waals surface area (Å²) in [7, 11) is 0. The summed E-state index contributed by atoms with van der Waals surface area (Å²) in [5.74, 6) is 1.77. The molecule has 0 heterocycles. The number of hydrogen-bond acceptors (Lipinski definition) is 1. The standard InChI is InChI=1S/C21H28O/c1-16-7-11-18(12-8-16)22-19-13-9-17(10-14-19)21(5,6)15-20(2,3)4/h7-14H,15H2,1-6H3. The lowest BCUT2D eigenvalue weighted by molar-refractivity contribution is 0.284. The van der Waals surface area contributed by atoms with Crippen LogP contribution in [0, 0.1) is 12.3 Å². The number of rotatable bonds is 4. The second-order valence-electron chi connectivity index (χ2n) is 8.06. The third-order valence-electron chi connectivity index (χ3n) is 3.86. The van der Waals surface area contributed by atoms with Crippen LogP contribution >= 0.6 is 0 Å². The molecule has 0 bridgehead atoms. The van der Waals surface area contributed by atoms with Gasteiger partial charge in [-0.05, 0) is 54.0 Å². The van der Waals surface area contributed by atoms with Gasteiger partial charge < -0.3 is 4.74 Å². The van der Waals surface area contributed by atoms with Crippen LogP contribution in [0.25, 0.3) is 0 Å². The van der Waals surface area contributed by atoms with Gasteiger partial charge in [0.25, 0.3) is 0 Å². The lowest BCUT2D eigenvalue weighted by Gasteiger charge is -2.33. The monoisotopic (exact) mass is 296 g/mol. The van der Waals surface area contributed by atoms with Crippen molar-refractivity contribution in [2.24, 2.45) is 5.41 Å². The van der Waals surface area contributed by atoms with Crippen molar-refractivity contribution in [1.82, 2.24) is 0 Å². The van der Waals surface area contributed by atoms with Gasteiger partial charge >= 0.3 is 0 Å². The molecule has 22 heavy (non-hydrogen) atoms. The molecule has 0 amide bonds. The fraction of sp³-hybridized carbons (Fsp3) is 0.429. The predicted octanol–water partition coefficient (Wildman–Crippen LogP) is 6.50. The van der Waals surface area contributed by atoms with E-state index in [4.69, 9.17) is 4.74 Å². The molecule has 0 aliphatic carbocycles. The number of aryl methyl sites for hydroxylation is 1. The maximum absolute atomic E-state index is 5.90. The predicted molar refractivity (Wildman–Crippen MR) is 94.8 cm³/mol. The molecule has 0 N–H and O–H groups in total. The van der Waals surface area contributed by atoms with Gasteiger partial charge in [0.2, 0.25) is 0 Å². The van der Waals surface area contributed by atoms with Crippen molar-refractivity contribution in [1.29, 1.82) is 0 Å². The molecule has 1 heteroatoms. The molecule has 0 saturated heterocycles. The summed E-state index contributed by atoms with van der Waals surface area (Å²) in [4.78, 5) is 0. The smallest absolute Gasteiger partial charge is 0.127 e. The Morgan fingerprint density at radius 2 is 1.18 bits per heavy atom. The Hall–Kier alpha value is -1.76. The largest absolute Gasteiger partial charge is 0.457 e. The molecule has 0 atom stereocenters. The number of ether oxygens (including phenoxy) is 1. The van der Waals surface area contributed by atoms with Crippen molar-refractivity contribution in [3.63, 3.8) is 0 Å². The third kappa shape index (κ3) is 4.62. The Bertz CT molecular complexity index is 598. The van der Waals surface area contributed by atoms with Gasteiger partial charge in [0.15, 0.2) is 0 Å². The number of hydrogen-bond donors (Lipinski definition) is 0. The molecule has 0 aliphatic heterocycles. The molecule has 0 unspecified atom stereocenters. The van der Waals surface area contributed by atoms with E-state index in [0.29, 0.717) is 5.41 Å². The Balaban J connectivity index is 2.11. The molecular formula is C21H28O. The minimum Gasteiger partial charge on any atom is -0.457 e. The van der Waals surface area contributed by atoms with Crippen LogP contribution in [0.5, 0.6) is 11.5 Å². The van der Waals surface area contributed by atoms with Crippen molar-refractivity contribution >= 4 is 0 Å². The van der Waals surface area contributed by atoms with Crippen molar-refractivity contribution in [2.45, 2.75) is 53.4 Å². The molecule has 0 spiro atoms. The third-order valence-corrected chi connectivity index (χ3v) is 3.86. The first-order valence-electron chi connectivity index (χ1n) is 8.01. The molecule has 0 aliphatic rings. The van der Waals surface area contributed by atoms with Crippen LogP contribution in [0.2, 0.25) is 0 Å². The van der Waals surface area contributed by atoms with E-state index >= 15 is 0 Å². The number of benzene rings is 2. The second-order valence-corrected chi connectivity index (χ2v) is 8.06. The van der Waals surface area contributed by atoms with E-state index in [9.17, 15) is 0 Å². The van der Waals surface area contributed by atoms with Gasteiger partial charge in [0, 0.05) is 0 Å². The quantitative estimate of drug-likeness (QED) is 0.625. The first-order valence-corrected chi connectivity index (χ1v) is 8.01. The zero-order valence-electron chi connectivity index (χ0n) is 14.7. The van der Waals surface area contributed by atoms with Crippen molar-refractivity contribution in [3.8, 4) is 11.5 Å². The summed E-state index contributed by atoms with van der Waals surface area (Å²) < 4.78 is 5.90. The van der Waals surface area contributed by atoms with Crippen LogP contribution in [0.3, 0.4) is 0 Å². The normalized spacial score (nSPS) is 12.3. The highest BCUT2D eigenvalue weighted by Crippen LogP contribution is 2.37. The van der Waals surface area contributed by atoms with Crippen molar-refractivity contribution in [3.05, 3.63) is 59.7 Å². The van der Waals surface area contributed by atoms with Crippen LogP contribution in [-0.4, -0.2) is 0 Å². The molecule has 2 aromatic carbocycles. The Morgan fingerprint density at radius 3 is 1.64 bits per heavy atom. The van der Waals surface area contributed by atoms with Crippen LogP contribution in [0.1, 0.15) is 52.2 Å². The molecule has 2 rings (SSSR count). The summed E-state index contributed by atoms with van der Waals surface area (Å²) in [5.41, 5.74) is 3.09. The topological polar surface area (TPSA) is 9.23 Å². The minimum absolute atomic E-state index is 0.167. The van der Waals surface area contributed by atoms with Crippen LogP contribution in [-0.2, 0) is 5.41 Å². The summed E-state index contributed by atoms with van der Waals surface area (Å²) >= 11 is 0. The average Bonchev–Trinajstić information content (AvgIpc) is 2.39. The molecule has 0 fully saturated rings. The van der Waals surface area contributed by atoms with E-state index in [1.807, 2.05) is 12.1 Å². The zero-order chi connectivity index (χ0) is 16.4. The average molecular weight is 296 g/mol. The summed E-state index contributed by atoms with van der Waals surface area (Å²) in [6, 6.07) is 16.7. The maximum atomic E-state index is 5.90. The second kappa shape index (κ2) is 6.16. The Kier molecular flexibility index (Phi) is 4.65. The molecule has 0 saturated carbocycles. The van der Waals surface area contributed by atoms with Gasteiger partial charge in [0.1, 0.15) is 11.5 Å². The van der Waals surface area contributed by atoms with Gasteiger partial charge in [-0.15, -0.1) is 0 Å².